The predicted molar refractivity (Wildman–Crippen MR) is 60.5 cm³/mol. The summed E-state index contributed by atoms with van der Waals surface area (Å²) in [4.78, 5) is 5.61. The molecule has 1 heterocycles. The van der Waals surface area contributed by atoms with Crippen molar-refractivity contribution in [3.05, 3.63) is 35.9 Å². The fourth-order valence-electron chi connectivity index (χ4n) is 1.58. The van der Waals surface area contributed by atoms with Crippen molar-refractivity contribution in [3.8, 4) is 0 Å². The molecule has 1 fully saturated rings. The van der Waals surface area contributed by atoms with Crippen LogP contribution in [0, 0.1) is 0 Å². The summed E-state index contributed by atoms with van der Waals surface area (Å²) in [5.74, 6) is 0.826. The van der Waals surface area contributed by atoms with Crippen LogP contribution in [0.1, 0.15) is 18.4 Å². The number of halogens is 1. The van der Waals surface area contributed by atoms with Crippen molar-refractivity contribution in [2.24, 2.45) is 4.51 Å². The number of amidine groups is 1. The lowest BCUT2D eigenvalue weighted by atomic mass is 10.2. The van der Waals surface area contributed by atoms with E-state index in [1.165, 1.54) is 0 Å². The van der Waals surface area contributed by atoms with Gasteiger partial charge in [-0.2, -0.15) is 4.51 Å². The molecule has 1 aliphatic heterocycles. The topological polar surface area (TPSA) is 24.8 Å². The van der Waals surface area contributed by atoms with Gasteiger partial charge in [-0.25, -0.2) is 5.06 Å². The maximum atomic E-state index is 5.61. The fourth-order valence-corrected chi connectivity index (χ4v) is 1.75. The summed E-state index contributed by atoms with van der Waals surface area (Å²) in [6, 6.07) is 10.1. The normalized spacial score (nSPS) is 18.7. The van der Waals surface area contributed by atoms with Gasteiger partial charge in [0.1, 0.15) is 5.84 Å². The molecule has 0 aliphatic carbocycles. The molecule has 1 saturated heterocycles. The van der Waals surface area contributed by atoms with Crippen LogP contribution in [0.4, 0.5) is 0 Å². The first-order valence-corrected chi connectivity index (χ1v) is 5.36. The minimum Gasteiger partial charge on any atom is -0.267 e. The lowest BCUT2D eigenvalue weighted by Crippen LogP contribution is -2.24. The van der Waals surface area contributed by atoms with Gasteiger partial charge in [0.15, 0.2) is 0 Å². The van der Waals surface area contributed by atoms with Crippen molar-refractivity contribution < 1.29 is 4.84 Å². The molecule has 0 bridgehead atoms. The van der Waals surface area contributed by atoms with Crippen molar-refractivity contribution in [1.29, 1.82) is 0 Å². The van der Waals surface area contributed by atoms with Crippen LogP contribution in [-0.4, -0.2) is 17.4 Å². The summed E-state index contributed by atoms with van der Waals surface area (Å²) in [6.07, 6.45) is 1.96. The van der Waals surface area contributed by atoms with Gasteiger partial charge in [0, 0.05) is 24.7 Å². The molecular formula is C11H13ClN2O. The first kappa shape index (κ1) is 10.5. The van der Waals surface area contributed by atoms with Gasteiger partial charge in [-0.05, 0) is 12.0 Å². The zero-order valence-electron chi connectivity index (χ0n) is 8.40. The molecule has 0 radical (unpaired) electrons. The molecule has 1 aromatic rings. The van der Waals surface area contributed by atoms with Crippen LogP contribution in [-0.2, 0) is 11.4 Å². The average Bonchev–Trinajstić information content (AvgIpc) is 2.75. The monoisotopic (exact) mass is 224 g/mol. The lowest BCUT2D eigenvalue weighted by Gasteiger charge is -2.17. The first-order valence-electron chi connectivity index (χ1n) is 5.02. The second kappa shape index (κ2) is 5.14. The molecule has 0 amide bonds. The van der Waals surface area contributed by atoms with Gasteiger partial charge >= 0.3 is 0 Å². The fraction of sp³-hybridized carbons (Fsp3) is 0.364. The third kappa shape index (κ3) is 2.70. The van der Waals surface area contributed by atoms with Crippen molar-refractivity contribution in [2.45, 2.75) is 19.4 Å². The third-order valence-electron chi connectivity index (χ3n) is 2.38. The van der Waals surface area contributed by atoms with E-state index in [2.05, 4.69) is 4.51 Å². The van der Waals surface area contributed by atoms with E-state index in [0.717, 1.165) is 30.8 Å². The zero-order chi connectivity index (χ0) is 10.5. The average molecular weight is 225 g/mol. The van der Waals surface area contributed by atoms with E-state index >= 15 is 0 Å². The maximum absolute atomic E-state index is 5.61. The zero-order valence-corrected chi connectivity index (χ0v) is 9.15. The third-order valence-corrected chi connectivity index (χ3v) is 2.57. The van der Waals surface area contributed by atoms with E-state index in [4.69, 9.17) is 16.6 Å². The smallest absolute Gasteiger partial charge is 0.143 e. The van der Waals surface area contributed by atoms with Crippen LogP contribution in [0.3, 0.4) is 0 Å². The van der Waals surface area contributed by atoms with E-state index in [1.807, 2.05) is 30.3 Å². The van der Waals surface area contributed by atoms with Gasteiger partial charge in [0.2, 0.25) is 0 Å². The number of rotatable bonds is 3. The number of hydrogen-bond donors (Lipinski definition) is 0. The van der Waals surface area contributed by atoms with E-state index < -0.39 is 0 Å². The minimum absolute atomic E-state index is 0.566. The van der Waals surface area contributed by atoms with Gasteiger partial charge in [0.25, 0.3) is 0 Å². The van der Waals surface area contributed by atoms with Crippen LogP contribution >= 0.6 is 11.8 Å². The number of hydroxylamine groups is 2. The summed E-state index contributed by atoms with van der Waals surface area (Å²) in [7, 11) is 0. The van der Waals surface area contributed by atoms with Gasteiger partial charge in [-0.3, -0.25) is 4.84 Å². The SMILES string of the molecule is Cl/N=C1\CCCN1OCc1ccccc1. The Morgan fingerprint density at radius 1 is 1.33 bits per heavy atom. The highest BCUT2D eigenvalue weighted by Crippen LogP contribution is 2.14. The Kier molecular flexibility index (Phi) is 3.59. The molecule has 1 aliphatic rings. The second-order valence-electron chi connectivity index (χ2n) is 3.47. The maximum Gasteiger partial charge on any atom is 0.143 e. The molecule has 4 heteroatoms. The molecular weight excluding hydrogens is 212 g/mol. The molecule has 0 unspecified atom stereocenters. The first-order chi connectivity index (χ1) is 7.40. The Bertz CT molecular complexity index is 340. The van der Waals surface area contributed by atoms with Crippen molar-refractivity contribution in [2.75, 3.05) is 6.54 Å². The molecule has 3 nitrogen and oxygen atoms in total. The number of nitrogens with zero attached hydrogens (tertiary/aromatic N) is 2. The molecule has 0 atom stereocenters. The molecule has 80 valence electrons. The summed E-state index contributed by atoms with van der Waals surface area (Å²) in [5, 5.41) is 1.78. The summed E-state index contributed by atoms with van der Waals surface area (Å²) in [5.41, 5.74) is 1.15. The van der Waals surface area contributed by atoms with Crippen LogP contribution in [0.25, 0.3) is 0 Å². The molecule has 0 N–H and O–H groups in total. The standard InChI is InChI=1S/C11H13ClN2O/c12-13-11-7-4-8-14(11)15-9-10-5-2-1-3-6-10/h1-3,5-6H,4,7-9H2/b13-11+. The largest absolute Gasteiger partial charge is 0.267 e. The Morgan fingerprint density at radius 3 is 2.87 bits per heavy atom. The van der Waals surface area contributed by atoms with E-state index in [1.54, 1.807) is 5.06 Å². The molecule has 2 rings (SSSR count). The van der Waals surface area contributed by atoms with Crippen molar-refractivity contribution in [3.63, 3.8) is 0 Å². The highest BCUT2D eigenvalue weighted by Gasteiger charge is 2.19. The molecule has 1 aromatic carbocycles. The Balaban J connectivity index is 1.88. The Morgan fingerprint density at radius 2 is 2.13 bits per heavy atom. The Labute approximate surface area is 94.4 Å². The van der Waals surface area contributed by atoms with Gasteiger partial charge in [-0.1, -0.05) is 30.3 Å². The van der Waals surface area contributed by atoms with E-state index in [9.17, 15) is 0 Å². The lowest BCUT2D eigenvalue weighted by molar-refractivity contribution is -0.103. The number of benzene rings is 1. The summed E-state index contributed by atoms with van der Waals surface area (Å²) >= 11 is 5.45. The van der Waals surface area contributed by atoms with Crippen LogP contribution < -0.4 is 0 Å². The van der Waals surface area contributed by atoms with E-state index in [0.29, 0.717) is 6.61 Å². The molecule has 0 aromatic heterocycles. The Hall–Kier alpha value is -1.06. The van der Waals surface area contributed by atoms with Gasteiger partial charge in [0.05, 0.1) is 6.61 Å². The molecule has 0 saturated carbocycles. The van der Waals surface area contributed by atoms with Gasteiger partial charge in [-0.15, -0.1) is 0 Å². The van der Waals surface area contributed by atoms with Crippen LogP contribution in [0.2, 0.25) is 0 Å². The minimum atomic E-state index is 0.566. The quantitative estimate of drug-likeness (QED) is 0.789. The highest BCUT2D eigenvalue weighted by atomic mass is 35.5. The predicted octanol–water partition coefficient (Wildman–Crippen LogP) is 2.77. The van der Waals surface area contributed by atoms with Crippen molar-refractivity contribution in [1.82, 2.24) is 5.06 Å². The summed E-state index contributed by atoms with van der Waals surface area (Å²) in [6.45, 7) is 1.44. The highest BCUT2D eigenvalue weighted by molar-refractivity contribution is 6.19. The van der Waals surface area contributed by atoms with Crippen molar-refractivity contribution >= 4 is 17.6 Å². The number of hydrogen-bond acceptors (Lipinski definition) is 2. The summed E-state index contributed by atoms with van der Waals surface area (Å²) < 4.78 is 3.67. The van der Waals surface area contributed by atoms with E-state index in [-0.39, 0.29) is 0 Å². The second-order valence-corrected chi connectivity index (χ2v) is 3.63. The van der Waals surface area contributed by atoms with Crippen LogP contribution in [0.5, 0.6) is 0 Å². The van der Waals surface area contributed by atoms with Crippen LogP contribution in [0.15, 0.2) is 34.8 Å². The molecule has 0 spiro atoms. The molecule has 15 heavy (non-hydrogen) atoms. The van der Waals surface area contributed by atoms with Gasteiger partial charge < -0.3 is 0 Å².